The Hall–Kier alpha value is -2.05. The lowest BCUT2D eigenvalue weighted by molar-refractivity contribution is -0.139. The van der Waals surface area contributed by atoms with Gasteiger partial charge in [0, 0.05) is 10.6 Å². The van der Waals surface area contributed by atoms with Crippen LogP contribution in [0.15, 0.2) is 47.6 Å². The van der Waals surface area contributed by atoms with Gasteiger partial charge in [-0.05, 0) is 31.2 Å². The summed E-state index contributed by atoms with van der Waals surface area (Å²) in [5.74, 6) is -0.538. The van der Waals surface area contributed by atoms with Gasteiger partial charge in [0.1, 0.15) is 5.82 Å². The van der Waals surface area contributed by atoms with Gasteiger partial charge in [0.25, 0.3) is 0 Å². The maximum Gasteiger partial charge on any atom is 0.316 e. The first-order chi connectivity index (χ1) is 12.1. The highest BCUT2D eigenvalue weighted by molar-refractivity contribution is 7.99. The molecule has 0 atom stereocenters. The van der Waals surface area contributed by atoms with Gasteiger partial charge in [-0.15, -0.1) is 0 Å². The summed E-state index contributed by atoms with van der Waals surface area (Å²) in [5.41, 5.74) is 2.03. The topological polar surface area (TPSA) is 44.1 Å². The van der Waals surface area contributed by atoms with Crippen molar-refractivity contribution in [3.8, 4) is 0 Å². The zero-order chi connectivity index (χ0) is 17.8. The fraction of sp³-hybridized carbons (Fsp3) is 0.222. The quantitative estimate of drug-likeness (QED) is 0.467. The number of nitrogens with zero attached hydrogens (tertiary/aromatic N) is 2. The van der Waals surface area contributed by atoms with Crippen LogP contribution in [0.4, 0.5) is 4.39 Å². The average molecular weight is 379 g/mol. The second kappa shape index (κ2) is 7.89. The molecule has 130 valence electrons. The number of hydrogen-bond acceptors (Lipinski definition) is 4. The van der Waals surface area contributed by atoms with Crippen LogP contribution in [0.1, 0.15) is 12.5 Å². The highest BCUT2D eigenvalue weighted by Gasteiger charge is 2.16. The molecule has 0 spiro atoms. The first kappa shape index (κ1) is 17.8. The molecule has 0 bridgehead atoms. The van der Waals surface area contributed by atoms with Crippen LogP contribution in [0.3, 0.4) is 0 Å². The molecule has 3 aromatic rings. The summed E-state index contributed by atoms with van der Waals surface area (Å²) in [4.78, 5) is 16.2. The zero-order valence-corrected chi connectivity index (χ0v) is 15.1. The monoisotopic (exact) mass is 378 g/mol. The minimum absolute atomic E-state index is 0.141. The molecule has 0 aliphatic rings. The second-order valence-corrected chi connectivity index (χ2v) is 6.61. The minimum atomic E-state index is -0.369. The molecule has 1 aromatic heterocycles. The fourth-order valence-corrected chi connectivity index (χ4v) is 3.52. The predicted molar refractivity (Wildman–Crippen MR) is 97.6 cm³/mol. The Morgan fingerprint density at radius 2 is 2.08 bits per heavy atom. The summed E-state index contributed by atoms with van der Waals surface area (Å²) < 4.78 is 21.0. The van der Waals surface area contributed by atoms with Gasteiger partial charge in [0.15, 0.2) is 5.16 Å². The smallest absolute Gasteiger partial charge is 0.316 e. The molecular weight excluding hydrogens is 363 g/mol. The van der Waals surface area contributed by atoms with Crippen LogP contribution in [-0.2, 0) is 16.1 Å². The lowest BCUT2D eigenvalue weighted by Crippen LogP contribution is -2.09. The fourth-order valence-electron chi connectivity index (χ4n) is 2.48. The highest BCUT2D eigenvalue weighted by Crippen LogP contribution is 2.28. The van der Waals surface area contributed by atoms with Crippen molar-refractivity contribution in [3.05, 3.63) is 58.9 Å². The number of halogens is 2. The van der Waals surface area contributed by atoms with E-state index >= 15 is 0 Å². The number of ether oxygens (including phenoxy) is 1. The lowest BCUT2D eigenvalue weighted by Gasteiger charge is -2.11. The van der Waals surface area contributed by atoms with Gasteiger partial charge in [-0.1, -0.05) is 41.6 Å². The molecule has 0 saturated carbocycles. The maximum atomic E-state index is 14.2. The van der Waals surface area contributed by atoms with Gasteiger partial charge in [0.05, 0.1) is 29.9 Å². The Bertz CT molecular complexity index is 893. The number of carbonyl (C=O) groups excluding carboxylic acids is 1. The third kappa shape index (κ3) is 3.96. The van der Waals surface area contributed by atoms with Crippen LogP contribution < -0.4 is 0 Å². The third-order valence-electron chi connectivity index (χ3n) is 3.62. The van der Waals surface area contributed by atoms with E-state index in [1.165, 1.54) is 17.8 Å². The molecular formula is C18H16ClFN2O2S. The molecule has 0 aliphatic heterocycles. The first-order valence-electron chi connectivity index (χ1n) is 7.76. The van der Waals surface area contributed by atoms with Gasteiger partial charge in [-0.3, -0.25) is 4.79 Å². The summed E-state index contributed by atoms with van der Waals surface area (Å²) in [7, 11) is 0. The molecule has 0 saturated heterocycles. The minimum Gasteiger partial charge on any atom is -0.465 e. The summed E-state index contributed by atoms with van der Waals surface area (Å²) in [6.45, 7) is 2.33. The van der Waals surface area contributed by atoms with Crippen molar-refractivity contribution in [1.82, 2.24) is 9.55 Å². The Balaban J connectivity index is 1.97. The largest absolute Gasteiger partial charge is 0.465 e. The van der Waals surface area contributed by atoms with Crippen molar-refractivity contribution >= 4 is 40.4 Å². The van der Waals surface area contributed by atoms with Crippen molar-refractivity contribution in [2.75, 3.05) is 12.4 Å². The number of fused-ring (bicyclic) bond motifs is 1. The van der Waals surface area contributed by atoms with E-state index in [-0.39, 0.29) is 24.1 Å². The predicted octanol–water partition coefficient (Wildman–Crippen LogP) is 4.53. The second-order valence-electron chi connectivity index (χ2n) is 5.26. The van der Waals surface area contributed by atoms with E-state index < -0.39 is 0 Å². The number of rotatable bonds is 6. The molecule has 0 unspecified atom stereocenters. The molecule has 3 rings (SSSR count). The van der Waals surface area contributed by atoms with E-state index in [0.29, 0.717) is 22.3 Å². The van der Waals surface area contributed by atoms with E-state index in [1.807, 2.05) is 28.8 Å². The normalized spacial score (nSPS) is 11.0. The summed E-state index contributed by atoms with van der Waals surface area (Å²) >= 11 is 7.43. The Kier molecular flexibility index (Phi) is 5.60. The van der Waals surface area contributed by atoms with Gasteiger partial charge in [-0.25, -0.2) is 9.37 Å². The maximum absolute atomic E-state index is 14.2. The van der Waals surface area contributed by atoms with Gasteiger partial charge >= 0.3 is 5.97 Å². The standard InChI is InChI=1S/C18H16ClFN2O2S/c1-2-24-17(23)11-25-18-21-15-8-3-4-9-16(15)22(18)10-12-13(19)6-5-7-14(12)20/h3-9H,2,10-11H2,1H3. The highest BCUT2D eigenvalue weighted by atomic mass is 35.5. The first-order valence-corrected chi connectivity index (χ1v) is 9.13. The molecule has 0 radical (unpaired) electrons. The molecule has 0 amide bonds. The number of thioether (sulfide) groups is 1. The number of imidazole rings is 1. The van der Waals surface area contributed by atoms with Crippen LogP contribution >= 0.6 is 23.4 Å². The molecule has 25 heavy (non-hydrogen) atoms. The van der Waals surface area contributed by atoms with Crippen molar-refractivity contribution < 1.29 is 13.9 Å². The van der Waals surface area contributed by atoms with E-state index in [0.717, 1.165) is 11.0 Å². The van der Waals surface area contributed by atoms with E-state index in [2.05, 4.69) is 4.98 Å². The molecule has 2 aromatic carbocycles. The molecule has 0 fully saturated rings. The molecule has 0 N–H and O–H groups in total. The van der Waals surface area contributed by atoms with Crippen molar-refractivity contribution in [2.24, 2.45) is 0 Å². The Morgan fingerprint density at radius 1 is 1.28 bits per heavy atom. The van der Waals surface area contributed by atoms with E-state index in [4.69, 9.17) is 16.3 Å². The van der Waals surface area contributed by atoms with E-state index in [1.54, 1.807) is 19.1 Å². The van der Waals surface area contributed by atoms with Crippen molar-refractivity contribution in [2.45, 2.75) is 18.6 Å². The van der Waals surface area contributed by atoms with Gasteiger partial charge in [-0.2, -0.15) is 0 Å². The molecule has 0 aliphatic carbocycles. The van der Waals surface area contributed by atoms with Crippen LogP contribution in [0.5, 0.6) is 0 Å². The third-order valence-corrected chi connectivity index (χ3v) is 4.93. The number of esters is 1. The van der Waals surface area contributed by atoms with Gasteiger partial charge < -0.3 is 9.30 Å². The number of benzene rings is 2. The average Bonchev–Trinajstić information content (AvgIpc) is 2.94. The number of carbonyl (C=O) groups is 1. The molecule has 7 heteroatoms. The SMILES string of the molecule is CCOC(=O)CSc1nc2ccccc2n1Cc1c(F)cccc1Cl. The summed E-state index contributed by atoms with van der Waals surface area (Å²) in [6, 6.07) is 12.2. The van der Waals surface area contributed by atoms with Crippen molar-refractivity contribution in [1.29, 1.82) is 0 Å². The van der Waals surface area contributed by atoms with Crippen LogP contribution in [-0.4, -0.2) is 27.9 Å². The number of hydrogen-bond donors (Lipinski definition) is 0. The van der Waals surface area contributed by atoms with E-state index in [9.17, 15) is 9.18 Å². The van der Waals surface area contributed by atoms with Gasteiger partial charge in [0.2, 0.25) is 0 Å². The Labute approximate surface area is 154 Å². The number of para-hydroxylation sites is 2. The Morgan fingerprint density at radius 3 is 2.84 bits per heavy atom. The van der Waals surface area contributed by atoms with Crippen LogP contribution in [0.2, 0.25) is 5.02 Å². The van der Waals surface area contributed by atoms with Crippen LogP contribution in [0.25, 0.3) is 11.0 Å². The summed E-state index contributed by atoms with van der Waals surface area (Å²) in [5, 5.41) is 0.979. The lowest BCUT2D eigenvalue weighted by atomic mass is 10.2. The zero-order valence-electron chi connectivity index (χ0n) is 13.5. The molecule has 4 nitrogen and oxygen atoms in total. The number of aromatic nitrogens is 2. The van der Waals surface area contributed by atoms with Crippen molar-refractivity contribution in [3.63, 3.8) is 0 Å². The molecule has 1 heterocycles. The van der Waals surface area contributed by atoms with Crippen LogP contribution in [0, 0.1) is 5.82 Å². The summed E-state index contributed by atoms with van der Waals surface area (Å²) in [6.07, 6.45) is 0.